The highest BCUT2D eigenvalue weighted by Crippen LogP contribution is 2.23. The Balaban J connectivity index is 2.24. The summed E-state index contributed by atoms with van der Waals surface area (Å²) in [5.41, 5.74) is 3.77. The van der Waals surface area contributed by atoms with E-state index in [0.717, 1.165) is 12.8 Å². The van der Waals surface area contributed by atoms with Gasteiger partial charge in [-0.2, -0.15) is 4.31 Å². The third kappa shape index (κ3) is 3.12. The van der Waals surface area contributed by atoms with Crippen LogP contribution in [-0.4, -0.2) is 25.5 Å². The average Bonchev–Trinajstić information content (AvgIpc) is 2.26. The van der Waals surface area contributed by atoms with Crippen molar-refractivity contribution in [3.63, 3.8) is 0 Å². The molecule has 0 N–H and O–H groups in total. The van der Waals surface area contributed by atoms with Crippen LogP contribution < -0.4 is 0 Å². The summed E-state index contributed by atoms with van der Waals surface area (Å²) in [4.78, 5) is 0. The Hall–Kier alpha value is -0.870. The van der Waals surface area contributed by atoms with Gasteiger partial charge in [0.2, 0.25) is 10.0 Å². The van der Waals surface area contributed by atoms with Crippen molar-refractivity contribution in [1.29, 1.82) is 0 Å². The van der Waals surface area contributed by atoms with E-state index in [4.69, 9.17) is 0 Å². The molecule has 0 amide bonds. The van der Waals surface area contributed by atoms with Gasteiger partial charge in [0.1, 0.15) is 0 Å². The monoisotopic (exact) mass is 267 g/mol. The molecular weight excluding hydrogens is 246 g/mol. The maximum Gasteiger partial charge on any atom is 0.211 e. The van der Waals surface area contributed by atoms with Crippen molar-refractivity contribution >= 4 is 10.0 Å². The fourth-order valence-corrected chi connectivity index (χ4v) is 3.26. The molecule has 0 aromatic heterocycles. The normalized spacial score (nSPS) is 16.9. The summed E-state index contributed by atoms with van der Waals surface area (Å²) in [6.45, 7) is 5.53. The Bertz CT molecular complexity index is 535. The quantitative estimate of drug-likeness (QED) is 0.842. The molecule has 0 fully saturated rings. The van der Waals surface area contributed by atoms with E-state index >= 15 is 0 Å². The largest absolute Gasteiger partial charge is 0.212 e. The number of fused-ring (bicyclic) bond motifs is 1. The van der Waals surface area contributed by atoms with Gasteiger partial charge in [-0.25, -0.2) is 8.42 Å². The van der Waals surface area contributed by atoms with Crippen molar-refractivity contribution in [2.45, 2.75) is 33.2 Å². The highest BCUT2D eigenvalue weighted by Gasteiger charge is 2.23. The van der Waals surface area contributed by atoms with Crippen molar-refractivity contribution in [1.82, 2.24) is 4.31 Å². The van der Waals surface area contributed by atoms with Crippen LogP contribution in [0.15, 0.2) is 18.2 Å². The van der Waals surface area contributed by atoms with E-state index in [2.05, 4.69) is 32.0 Å². The summed E-state index contributed by atoms with van der Waals surface area (Å²) in [6, 6.07) is 6.51. The molecule has 0 radical (unpaired) electrons. The molecule has 0 saturated carbocycles. The van der Waals surface area contributed by atoms with E-state index in [0.29, 0.717) is 19.0 Å². The second kappa shape index (κ2) is 5.02. The van der Waals surface area contributed by atoms with E-state index in [1.54, 1.807) is 4.31 Å². The van der Waals surface area contributed by atoms with Gasteiger partial charge in [-0.15, -0.1) is 0 Å². The van der Waals surface area contributed by atoms with Gasteiger partial charge in [-0.3, -0.25) is 0 Å². The van der Waals surface area contributed by atoms with Gasteiger partial charge < -0.3 is 0 Å². The number of hydrogen-bond acceptors (Lipinski definition) is 2. The molecule has 4 heteroatoms. The lowest BCUT2D eigenvalue weighted by molar-refractivity contribution is 0.394. The molecule has 0 saturated heterocycles. The van der Waals surface area contributed by atoms with Gasteiger partial charge in [0.15, 0.2) is 0 Å². The highest BCUT2D eigenvalue weighted by molar-refractivity contribution is 7.88. The summed E-state index contributed by atoms with van der Waals surface area (Å²) < 4.78 is 24.7. The van der Waals surface area contributed by atoms with Crippen LogP contribution in [0.5, 0.6) is 0 Å². The fourth-order valence-electron chi connectivity index (χ4n) is 2.47. The zero-order chi connectivity index (χ0) is 13.3. The number of hydrogen-bond donors (Lipinski definition) is 0. The molecule has 1 aliphatic heterocycles. The molecule has 1 aromatic rings. The molecule has 0 aliphatic carbocycles. The summed E-state index contributed by atoms with van der Waals surface area (Å²) in [7, 11) is -3.07. The Labute approximate surface area is 110 Å². The van der Waals surface area contributed by atoms with E-state index in [1.807, 2.05) is 0 Å². The topological polar surface area (TPSA) is 37.4 Å². The summed E-state index contributed by atoms with van der Waals surface area (Å²) >= 11 is 0. The van der Waals surface area contributed by atoms with Crippen molar-refractivity contribution < 1.29 is 8.42 Å². The molecule has 1 aromatic carbocycles. The molecule has 100 valence electrons. The van der Waals surface area contributed by atoms with Crippen molar-refractivity contribution in [3.05, 3.63) is 34.9 Å². The van der Waals surface area contributed by atoms with Gasteiger partial charge >= 0.3 is 0 Å². The molecule has 1 heterocycles. The first-order chi connectivity index (χ1) is 8.36. The number of benzene rings is 1. The average molecular weight is 267 g/mol. The smallest absolute Gasteiger partial charge is 0.211 e. The van der Waals surface area contributed by atoms with Gasteiger partial charge in [-0.05, 0) is 35.4 Å². The Morgan fingerprint density at radius 3 is 2.61 bits per heavy atom. The molecule has 0 unspecified atom stereocenters. The van der Waals surface area contributed by atoms with E-state index in [9.17, 15) is 8.42 Å². The highest BCUT2D eigenvalue weighted by atomic mass is 32.2. The van der Waals surface area contributed by atoms with Crippen molar-refractivity contribution in [2.75, 3.05) is 12.8 Å². The zero-order valence-electron chi connectivity index (χ0n) is 11.3. The zero-order valence-corrected chi connectivity index (χ0v) is 12.1. The minimum absolute atomic E-state index is 0.528. The Morgan fingerprint density at radius 1 is 1.28 bits per heavy atom. The molecule has 1 aliphatic rings. The van der Waals surface area contributed by atoms with E-state index in [1.165, 1.54) is 22.9 Å². The van der Waals surface area contributed by atoms with Gasteiger partial charge in [0, 0.05) is 13.1 Å². The van der Waals surface area contributed by atoms with Crippen LogP contribution in [-0.2, 0) is 29.4 Å². The van der Waals surface area contributed by atoms with Crippen molar-refractivity contribution in [3.8, 4) is 0 Å². The van der Waals surface area contributed by atoms with Gasteiger partial charge in [0.25, 0.3) is 0 Å². The van der Waals surface area contributed by atoms with E-state index in [-0.39, 0.29) is 0 Å². The van der Waals surface area contributed by atoms with Crippen LogP contribution in [0.25, 0.3) is 0 Å². The summed E-state index contributed by atoms with van der Waals surface area (Å²) in [6.07, 6.45) is 3.16. The molecule has 18 heavy (non-hydrogen) atoms. The lowest BCUT2D eigenvalue weighted by Crippen LogP contribution is -2.35. The first-order valence-corrected chi connectivity index (χ1v) is 8.27. The minimum atomic E-state index is -3.07. The molecule has 0 spiro atoms. The summed E-state index contributed by atoms with van der Waals surface area (Å²) in [5, 5.41) is 0. The predicted molar refractivity (Wildman–Crippen MR) is 73.9 cm³/mol. The van der Waals surface area contributed by atoms with Crippen molar-refractivity contribution in [2.24, 2.45) is 5.92 Å². The molecule has 2 rings (SSSR count). The maximum atomic E-state index is 11.6. The van der Waals surface area contributed by atoms with E-state index < -0.39 is 10.0 Å². The molecule has 0 atom stereocenters. The first-order valence-electron chi connectivity index (χ1n) is 6.42. The lowest BCUT2D eigenvalue weighted by atomic mass is 9.95. The van der Waals surface area contributed by atoms with Crippen LogP contribution in [0, 0.1) is 5.92 Å². The number of rotatable bonds is 3. The maximum absolute atomic E-state index is 11.6. The summed E-state index contributed by atoms with van der Waals surface area (Å²) in [5.74, 6) is 0.623. The van der Waals surface area contributed by atoms with Crippen LogP contribution in [0.4, 0.5) is 0 Å². The lowest BCUT2D eigenvalue weighted by Gasteiger charge is -2.27. The van der Waals surface area contributed by atoms with Gasteiger partial charge in [-0.1, -0.05) is 32.0 Å². The third-order valence-electron chi connectivity index (χ3n) is 3.36. The third-order valence-corrected chi connectivity index (χ3v) is 4.61. The number of nitrogens with zero attached hydrogens (tertiary/aromatic N) is 1. The van der Waals surface area contributed by atoms with Crippen LogP contribution in [0.3, 0.4) is 0 Å². The second-order valence-electron chi connectivity index (χ2n) is 5.55. The van der Waals surface area contributed by atoms with Crippen LogP contribution in [0.1, 0.15) is 30.5 Å². The van der Waals surface area contributed by atoms with Gasteiger partial charge in [0.05, 0.1) is 6.26 Å². The minimum Gasteiger partial charge on any atom is -0.212 e. The van der Waals surface area contributed by atoms with Crippen LogP contribution in [0.2, 0.25) is 0 Å². The first kappa shape index (κ1) is 13.6. The number of sulfonamides is 1. The fraction of sp³-hybridized carbons (Fsp3) is 0.571. The predicted octanol–water partition coefficient (Wildman–Crippen LogP) is 2.20. The van der Waals surface area contributed by atoms with Crippen LogP contribution >= 0.6 is 0 Å². The Morgan fingerprint density at radius 2 is 2.00 bits per heavy atom. The SMILES string of the molecule is CC(C)Cc1ccc2c(c1)CN(S(C)(=O)=O)CC2. The standard InChI is InChI=1S/C14H21NO2S/c1-11(2)8-12-4-5-13-6-7-15(18(3,16)17)10-14(13)9-12/h4-5,9,11H,6-8,10H2,1-3H3. The molecule has 0 bridgehead atoms. The molecule has 3 nitrogen and oxygen atoms in total. The molecular formula is C14H21NO2S. The Kier molecular flexibility index (Phi) is 3.78. The second-order valence-corrected chi connectivity index (χ2v) is 7.53.